The first-order valence-electron chi connectivity index (χ1n) is 8.21. The maximum absolute atomic E-state index is 11.6. The Bertz CT molecular complexity index is 1120. The van der Waals surface area contributed by atoms with E-state index in [-0.39, 0.29) is 5.78 Å². The van der Waals surface area contributed by atoms with Crippen LogP contribution in [0.3, 0.4) is 0 Å². The van der Waals surface area contributed by atoms with Gasteiger partial charge in [0.15, 0.2) is 11.6 Å². The van der Waals surface area contributed by atoms with Crippen molar-refractivity contribution < 1.29 is 4.79 Å². The van der Waals surface area contributed by atoms with Crippen molar-refractivity contribution >= 4 is 22.5 Å². The van der Waals surface area contributed by atoms with Crippen LogP contribution in [0, 0.1) is 0 Å². The van der Waals surface area contributed by atoms with Crippen LogP contribution in [-0.2, 0) is 0 Å². The Balaban J connectivity index is 1.82. The normalized spacial score (nSPS) is 10.8. The molecule has 0 amide bonds. The van der Waals surface area contributed by atoms with Crippen LogP contribution in [0.4, 0.5) is 5.82 Å². The largest absolute Gasteiger partial charge is 0.383 e. The van der Waals surface area contributed by atoms with Gasteiger partial charge in [-0.2, -0.15) is 0 Å². The van der Waals surface area contributed by atoms with Crippen molar-refractivity contribution in [2.45, 2.75) is 6.92 Å². The van der Waals surface area contributed by atoms with Gasteiger partial charge in [-0.15, -0.1) is 0 Å². The fraction of sp³-hybridized carbons (Fsp3) is 0.0476. The molecule has 2 N–H and O–H groups in total. The van der Waals surface area contributed by atoms with Crippen LogP contribution in [0.15, 0.2) is 67.0 Å². The van der Waals surface area contributed by atoms with Gasteiger partial charge in [0.05, 0.1) is 5.52 Å². The fourth-order valence-electron chi connectivity index (χ4n) is 2.87. The zero-order valence-electron chi connectivity index (χ0n) is 14.2. The number of rotatable bonds is 3. The Kier molecular flexibility index (Phi) is 3.89. The molecule has 26 heavy (non-hydrogen) atoms. The van der Waals surface area contributed by atoms with Crippen molar-refractivity contribution in [3.63, 3.8) is 0 Å². The molecule has 0 saturated carbocycles. The molecule has 4 aromatic rings. The summed E-state index contributed by atoms with van der Waals surface area (Å²) < 4.78 is 0. The molecule has 2 aromatic carbocycles. The maximum atomic E-state index is 11.6. The van der Waals surface area contributed by atoms with Crippen LogP contribution in [0.2, 0.25) is 0 Å². The third-order valence-electron chi connectivity index (χ3n) is 4.25. The SMILES string of the molecule is CC(=O)c1cccc(-c2ccc3nc(-c4cccnc4)nc(N)c3c2)c1. The highest BCUT2D eigenvalue weighted by Gasteiger charge is 2.10. The number of benzene rings is 2. The minimum Gasteiger partial charge on any atom is -0.383 e. The number of anilines is 1. The Hall–Kier alpha value is -3.60. The summed E-state index contributed by atoms with van der Waals surface area (Å²) in [7, 11) is 0. The highest BCUT2D eigenvalue weighted by Crippen LogP contribution is 2.28. The van der Waals surface area contributed by atoms with Gasteiger partial charge in [-0.25, -0.2) is 9.97 Å². The number of ketones is 1. The van der Waals surface area contributed by atoms with Gasteiger partial charge >= 0.3 is 0 Å². The van der Waals surface area contributed by atoms with E-state index in [9.17, 15) is 4.79 Å². The van der Waals surface area contributed by atoms with Crippen molar-refractivity contribution in [2.75, 3.05) is 5.73 Å². The summed E-state index contributed by atoms with van der Waals surface area (Å²) >= 11 is 0. The van der Waals surface area contributed by atoms with E-state index >= 15 is 0 Å². The summed E-state index contributed by atoms with van der Waals surface area (Å²) in [5.41, 5.74) is 10.4. The van der Waals surface area contributed by atoms with E-state index in [2.05, 4.69) is 15.0 Å². The molecule has 4 rings (SSSR count). The highest BCUT2D eigenvalue weighted by atomic mass is 16.1. The molecule has 2 heterocycles. The Morgan fingerprint density at radius 1 is 0.923 bits per heavy atom. The monoisotopic (exact) mass is 340 g/mol. The van der Waals surface area contributed by atoms with Crippen molar-refractivity contribution in [2.24, 2.45) is 0 Å². The summed E-state index contributed by atoms with van der Waals surface area (Å²) in [5.74, 6) is 1.00. The molecule has 126 valence electrons. The highest BCUT2D eigenvalue weighted by molar-refractivity contribution is 5.96. The van der Waals surface area contributed by atoms with E-state index in [0.717, 1.165) is 27.6 Å². The second-order valence-corrected chi connectivity index (χ2v) is 6.04. The quantitative estimate of drug-likeness (QED) is 0.567. The molecule has 0 aliphatic heterocycles. The fourth-order valence-corrected chi connectivity index (χ4v) is 2.87. The number of carbonyl (C=O) groups excluding carboxylic acids is 1. The zero-order chi connectivity index (χ0) is 18.1. The first-order chi connectivity index (χ1) is 12.6. The van der Waals surface area contributed by atoms with Crippen molar-refractivity contribution in [1.82, 2.24) is 15.0 Å². The zero-order valence-corrected chi connectivity index (χ0v) is 14.2. The Morgan fingerprint density at radius 2 is 1.73 bits per heavy atom. The molecule has 0 aliphatic rings. The van der Waals surface area contributed by atoms with Gasteiger partial charge in [0.1, 0.15) is 5.82 Å². The van der Waals surface area contributed by atoms with Crippen molar-refractivity contribution in [1.29, 1.82) is 0 Å². The molecule has 5 heteroatoms. The Morgan fingerprint density at radius 3 is 2.50 bits per heavy atom. The van der Waals surface area contributed by atoms with Crippen LogP contribution >= 0.6 is 0 Å². The number of pyridine rings is 1. The predicted octanol–water partition coefficient (Wildman–Crippen LogP) is 4.14. The molecule has 5 nitrogen and oxygen atoms in total. The third-order valence-corrected chi connectivity index (χ3v) is 4.25. The standard InChI is InChI=1S/C21H16N4O/c1-13(26)14-4-2-5-15(10-14)16-7-8-19-18(11-16)20(22)25-21(24-19)17-6-3-9-23-12-17/h2-12H,1H3,(H2,22,24,25). The lowest BCUT2D eigenvalue weighted by molar-refractivity contribution is 0.101. The lowest BCUT2D eigenvalue weighted by Crippen LogP contribution is -1.98. The summed E-state index contributed by atoms with van der Waals surface area (Å²) in [4.78, 5) is 24.7. The smallest absolute Gasteiger partial charge is 0.163 e. The summed E-state index contributed by atoms with van der Waals surface area (Å²) in [5, 5.41) is 0.781. The van der Waals surface area contributed by atoms with Crippen LogP contribution < -0.4 is 5.73 Å². The molecule has 0 spiro atoms. The van der Waals surface area contributed by atoms with Crippen LogP contribution in [0.1, 0.15) is 17.3 Å². The van der Waals surface area contributed by atoms with Crippen molar-refractivity contribution in [3.05, 3.63) is 72.6 Å². The van der Waals surface area contributed by atoms with Gasteiger partial charge < -0.3 is 5.73 Å². The van der Waals surface area contributed by atoms with E-state index in [4.69, 9.17) is 5.73 Å². The average molecular weight is 340 g/mol. The molecule has 0 saturated heterocycles. The summed E-state index contributed by atoms with van der Waals surface area (Å²) in [6.07, 6.45) is 3.41. The Labute approximate surface area is 150 Å². The third kappa shape index (κ3) is 2.91. The number of hydrogen-bond acceptors (Lipinski definition) is 5. The second kappa shape index (κ2) is 6.37. The molecule has 0 unspecified atom stereocenters. The van der Waals surface area contributed by atoms with Crippen LogP contribution in [0.5, 0.6) is 0 Å². The molecular formula is C21H16N4O. The maximum Gasteiger partial charge on any atom is 0.163 e. The number of nitrogens with two attached hydrogens (primary N) is 1. The van der Waals surface area contributed by atoms with Gasteiger partial charge in [0.2, 0.25) is 0 Å². The van der Waals surface area contributed by atoms with E-state index in [0.29, 0.717) is 17.2 Å². The van der Waals surface area contributed by atoms with Gasteiger partial charge in [-0.3, -0.25) is 9.78 Å². The summed E-state index contributed by atoms with van der Waals surface area (Å²) in [6.45, 7) is 1.56. The number of nitrogens with zero attached hydrogens (tertiary/aromatic N) is 3. The number of Topliss-reactive ketones (excluding diaryl/α,β-unsaturated/α-hetero) is 1. The summed E-state index contributed by atoms with van der Waals surface area (Å²) in [6, 6.07) is 17.1. The molecule has 0 radical (unpaired) electrons. The van der Waals surface area contributed by atoms with Gasteiger partial charge in [-0.1, -0.05) is 24.3 Å². The molecular weight excluding hydrogens is 324 g/mol. The lowest BCUT2D eigenvalue weighted by atomic mass is 10.00. The van der Waals surface area contributed by atoms with Crippen LogP contribution in [0.25, 0.3) is 33.4 Å². The van der Waals surface area contributed by atoms with E-state index in [1.807, 2.05) is 54.6 Å². The van der Waals surface area contributed by atoms with E-state index in [1.165, 1.54) is 0 Å². The van der Waals surface area contributed by atoms with E-state index < -0.39 is 0 Å². The number of aromatic nitrogens is 3. The molecule has 0 atom stereocenters. The minimum atomic E-state index is 0.0385. The molecule has 0 bridgehead atoms. The number of carbonyl (C=O) groups is 1. The molecule has 0 aliphatic carbocycles. The molecule has 0 fully saturated rings. The number of fused-ring (bicyclic) bond motifs is 1. The lowest BCUT2D eigenvalue weighted by Gasteiger charge is -2.08. The van der Waals surface area contributed by atoms with Gasteiger partial charge in [-0.05, 0) is 48.4 Å². The first-order valence-corrected chi connectivity index (χ1v) is 8.21. The topological polar surface area (TPSA) is 81.8 Å². The van der Waals surface area contributed by atoms with Crippen LogP contribution in [-0.4, -0.2) is 20.7 Å². The van der Waals surface area contributed by atoms with E-state index in [1.54, 1.807) is 19.3 Å². The molecule has 2 aromatic heterocycles. The number of hydrogen-bond donors (Lipinski definition) is 1. The minimum absolute atomic E-state index is 0.0385. The second-order valence-electron chi connectivity index (χ2n) is 6.04. The number of nitrogen functional groups attached to an aromatic ring is 1. The average Bonchev–Trinajstić information content (AvgIpc) is 2.68. The van der Waals surface area contributed by atoms with Gasteiger partial charge in [0.25, 0.3) is 0 Å². The first kappa shape index (κ1) is 15.9. The van der Waals surface area contributed by atoms with Gasteiger partial charge in [0, 0.05) is 28.9 Å². The van der Waals surface area contributed by atoms with Crippen molar-refractivity contribution in [3.8, 4) is 22.5 Å². The predicted molar refractivity (Wildman–Crippen MR) is 103 cm³/mol.